The lowest BCUT2D eigenvalue weighted by Gasteiger charge is -2.11. The molecule has 0 saturated carbocycles. The summed E-state index contributed by atoms with van der Waals surface area (Å²) in [6.45, 7) is 5.15. The predicted molar refractivity (Wildman–Crippen MR) is 132 cm³/mol. The van der Waals surface area contributed by atoms with Crippen LogP contribution in [0.5, 0.6) is 0 Å². The van der Waals surface area contributed by atoms with Gasteiger partial charge in [-0.2, -0.15) is 5.10 Å². The Labute approximate surface area is 204 Å². The number of hydrogen-bond donors (Lipinski definition) is 1. The van der Waals surface area contributed by atoms with Crippen LogP contribution < -0.4 is 10.9 Å². The highest BCUT2D eigenvalue weighted by molar-refractivity contribution is 6.03. The minimum Gasteiger partial charge on any atom is -0.463 e. The zero-order valence-electron chi connectivity index (χ0n) is 19.8. The zero-order valence-corrected chi connectivity index (χ0v) is 19.8. The molecule has 0 fully saturated rings. The van der Waals surface area contributed by atoms with Gasteiger partial charge < -0.3 is 18.9 Å². The summed E-state index contributed by atoms with van der Waals surface area (Å²) in [6.07, 6.45) is 3.11. The lowest BCUT2D eigenvalue weighted by atomic mass is 10.1. The second kappa shape index (κ2) is 9.14. The van der Waals surface area contributed by atoms with Crippen molar-refractivity contribution >= 4 is 39.6 Å². The SMILES string of the molecule is CC(=O)Nc1ccc2c(COC(=O)c3cc(-c4ccco4)nc4c3cnn4C(C)C)cc(=O)oc2c1. The first-order valence-electron chi connectivity index (χ1n) is 11.2. The monoisotopic (exact) mass is 486 g/mol. The average Bonchev–Trinajstić information content (AvgIpc) is 3.51. The molecule has 0 saturated heterocycles. The first kappa shape index (κ1) is 23.0. The Morgan fingerprint density at radius 2 is 1.97 bits per heavy atom. The summed E-state index contributed by atoms with van der Waals surface area (Å²) in [6, 6.07) is 11.3. The number of anilines is 1. The van der Waals surface area contributed by atoms with Crippen LogP contribution in [0.25, 0.3) is 33.5 Å². The number of nitrogens with one attached hydrogen (secondary N) is 1. The average molecular weight is 486 g/mol. The largest absolute Gasteiger partial charge is 0.463 e. The first-order valence-corrected chi connectivity index (χ1v) is 11.2. The van der Waals surface area contributed by atoms with Crippen LogP contribution in [0.15, 0.2) is 68.6 Å². The van der Waals surface area contributed by atoms with Crippen molar-refractivity contribution in [2.75, 3.05) is 5.32 Å². The fourth-order valence-electron chi connectivity index (χ4n) is 3.97. The molecule has 4 aromatic heterocycles. The molecule has 182 valence electrons. The molecule has 0 unspecified atom stereocenters. The Bertz CT molecular complexity index is 1660. The Morgan fingerprint density at radius 1 is 1.14 bits per heavy atom. The second-order valence-electron chi connectivity index (χ2n) is 8.51. The fraction of sp³-hybridized carbons (Fsp3) is 0.192. The van der Waals surface area contributed by atoms with Gasteiger partial charge in [-0.05, 0) is 44.2 Å². The number of nitrogens with zero attached hydrogens (tertiary/aromatic N) is 3. The quantitative estimate of drug-likeness (QED) is 0.270. The number of aromatic nitrogens is 3. The van der Waals surface area contributed by atoms with E-state index in [1.165, 1.54) is 19.3 Å². The number of pyridine rings is 1. The number of benzene rings is 1. The molecular formula is C26H22N4O6. The zero-order chi connectivity index (χ0) is 25.4. The van der Waals surface area contributed by atoms with Crippen LogP contribution in [-0.4, -0.2) is 26.6 Å². The number of carbonyl (C=O) groups excluding carboxylic acids is 2. The number of rotatable bonds is 6. The maximum Gasteiger partial charge on any atom is 0.339 e. The van der Waals surface area contributed by atoms with E-state index in [9.17, 15) is 14.4 Å². The molecule has 10 nitrogen and oxygen atoms in total. The predicted octanol–water partition coefficient (Wildman–Crippen LogP) is 4.69. The summed E-state index contributed by atoms with van der Waals surface area (Å²) >= 11 is 0. The van der Waals surface area contributed by atoms with E-state index in [1.54, 1.807) is 47.3 Å². The van der Waals surface area contributed by atoms with E-state index >= 15 is 0 Å². The van der Waals surface area contributed by atoms with Crippen LogP contribution in [0.3, 0.4) is 0 Å². The minimum atomic E-state index is -0.602. The Kier molecular flexibility index (Phi) is 5.85. The van der Waals surface area contributed by atoms with Crippen LogP contribution in [-0.2, 0) is 16.1 Å². The van der Waals surface area contributed by atoms with Gasteiger partial charge in [-0.25, -0.2) is 19.3 Å². The van der Waals surface area contributed by atoms with Gasteiger partial charge in [0.2, 0.25) is 5.91 Å². The lowest BCUT2D eigenvalue weighted by molar-refractivity contribution is -0.114. The Morgan fingerprint density at radius 3 is 2.69 bits per heavy atom. The van der Waals surface area contributed by atoms with Crippen LogP contribution in [0, 0.1) is 0 Å². The van der Waals surface area contributed by atoms with Gasteiger partial charge in [-0.15, -0.1) is 0 Å². The van der Waals surface area contributed by atoms with E-state index in [2.05, 4.69) is 15.4 Å². The van der Waals surface area contributed by atoms with Gasteiger partial charge in [0.05, 0.1) is 23.4 Å². The van der Waals surface area contributed by atoms with Crippen molar-refractivity contribution in [2.45, 2.75) is 33.4 Å². The second-order valence-corrected chi connectivity index (χ2v) is 8.51. The van der Waals surface area contributed by atoms with E-state index < -0.39 is 11.6 Å². The number of furan rings is 1. The number of esters is 1. The van der Waals surface area contributed by atoms with Crippen LogP contribution in [0.2, 0.25) is 0 Å². The molecule has 0 aliphatic heterocycles. The van der Waals surface area contributed by atoms with Crippen molar-refractivity contribution in [1.82, 2.24) is 14.8 Å². The molecule has 1 N–H and O–H groups in total. The molecule has 0 spiro atoms. The number of amides is 1. The van der Waals surface area contributed by atoms with Gasteiger partial charge in [0.25, 0.3) is 0 Å². The normalized spacial score (nSPS) is 11.3. The first-order chi connectivity index (χ1) is 17.3. The van der Waals surface area contributed by atoms with E-state index in [-0.39, 0.29) is 29.7 Å². The van der Waals surface area contributed by atoms with Crippen molar-refractivity contribution in [1.29, 1.82) is 0 Å². The molecule has 0 aliphatic carbocycles. The Hall–Kier alpha value is -4.73. The van der Waals surface area contributed by atoms with Crippen molar-refractivity contribution in [2.24, 2.45) is 0 Å². The lowest BCUT2D eigenvalue weighted by Crippen LogP contribution is -2.10. The van der Waals surface area contributed by atoms with Gasteiger partial charge in [-0.3, -0.25) is 4.79 Å². The van der Waals surface area contributed by atoms with E-state index in [0.717, 1.165) is 0 Å². The van der Waals surface area contributed by atoms with Gasteiger partial charge in [0, 0.05) is 41.7 Å². The van der Waals surface area contributed by atoms with E-state index in [4.69, 9.17) is 13.6 Å². The minimum absolute atomic E-state index is 0.0167. The summed E-state index contributed by atoms with van der Waals surface area (Å²) in [5, 5.41) is 8.16. The van der Waals surface area contributed by atoms with Gasteiger partial charge in [-0.1, -0.05) is 0 Å². The summed E-state index contributed by atoms with van der Waals surface area (Å²) in [4.78, 5) is 41.4. The highest BCUT2D eigenvalue weighted by Crippen LogP contribution is 2.28. The third-order valence-corrected chi connectivity index (χ3v) is 5.56. The van der Waals surface area contributed by atoms with Crippen molar-refractivity contribution < 1.29 is 23.2 Å². The molecular weight excluding hydrogens is 464 g/mol. The van der Waals surface area contributed by atoms with Crippen molar-refractivity contribution in [3.8, 4) is 11.5 Å². The molecule has 1 amide bonds. The topological polar surface area (TPSA) is 129 Å². The molecule has 10 heteroatoms. The smallest absolute Gasteiger partial charge is 0.339 e. The summed E-state index contributed by atoms with van der Waals surface area (Å²) in [5.74, 6) is -0.348. The van der Waals surface area contributed by atoms with E-state index in [0.29, 0.717) is 39.1 Å². The molecule has 36 heavy (non-hydrogen) atoms. The molecule has 0 aliphatic rings. The number of fused-ring (bicyclic) bond motifs is 2. The highest BCUT2D eigenvalue weighted by atomic mass is 16.5. The third-order valence-electron chi connectivity index (χ3n) is 5.56. The van der Waals surface area contributed by atoms with Gasteiger partial charge in [0.1, 0.15) is 17.9 Å². The maximum atomic E-state index is 13.3. The molecule has 0 atom stereocenters. The Balaban J connectivity index is 1.50. The van der Waals surface area contributed by atoms with Crippen molar-refractivity contribution in [3.63, 3.8) is 0 Å². The molecule has 5 rings (SSSR count). The summed E-state index contributed by atoms with van der Waals surface area (Å²) in [7, 11) is 0. The molecule has 4 heterocycles. The number of carbonyl (C=O) groups is 2. The summed E-state index contributed by atoms with van der Waals surface area (Å²) in [5.41, 5.74) is 1.90. The molecule has 1 aromatic carbocycles. The van der Waals surface area contributed by atoms with Crippen LogP contribution in [0.4, 0.5) is 5.69 Å². The fourth-order valence-corrected chi connectivity index (χ4v) is 3.97. The molecule has 5 aromatic rings. The number of hydrogen-bond acceptors (Lipinski definition) is 8. The van der Waals surface area contributed by atoms with E-state index in [1.807, 2.05) is 13.8 Å². The van der Waals surface area contributed by atoms with Crippen LogP contribution >= 0.6 is 0 Å². The standard InChI is InChI=1S/C26H22N4O6/c1-14(2)30-25-20(12-27-30)19(11-21(29-25)22-5-4-8-34-22)26(33)35-13-16-9-24(32)36-23-10-17(28-15(3)31)6-7-18(16)23/h4-12,14H,13H2,1-3H3,(H,28,31). The van der Waals surface area contributed by atoms with Gasteiger partial charge >= 0.3 is 11.6 Å². The highest BCUT2D eigenvalue weighted by Gasteiger charge is 2.21. The number of ether oxygens (including phenoxy) is 1. The third kappa shape index (κ3) is 4.36. The van der Waals surface area contributed by atoms with Crippen LogP contribution in [0.1, 0.15) is 42.7 Å². The molecule has 0 bridgehead atoms. The summed E-state index contributed by atoms with van der Waals surface area (Å²) < 4.78 is 18.1. The van der Waals surface area contributed by atoms with Gasteiger partial charge in [0.15, 0.2) is 11.4 Å². The van der Waals surface area contributed by atoms with Crippen molar-refractivity contribution in [3.05, 3.63) is 76.5 Å². The maximum absolute atomic E-state index is 13.3. The molecule has 0 radical (unpaired) electrons.